The minimum atomic E-state index is -0.187. The van der Waals surface area contributed by atoms with Gasteiger partial charge < -0.3 is 9.84 Å². The third-order valence-electron chi connectivity index (χ3n) is 3.53. The van der Waals surface area contributed by atoms with Gasteiger partial charge in [0.25, 0.3) is 0 Å². The van der Waals surface area contributed by atoms with Crippen molar-refractivity contribution in [3.63, 3.8) is 0 Å². The topological polar surface area (TPSA) is 85.8 Å². The molecule has 3 rings (SSSR count). The number of nitrogens with one attached hydrogen (secondary N) is 1. The van der Waals surface area contributed by atoms with Gasteiger partial charge >= 0.3 is 0 Å². The molecule has 0 aliphatic carbocycles. The molecular formula is C18H19N5O2S. The lowest BCUT2D eigenvalue weighted by Crippen LogP contribution is -2.14. The zero-order chi connectivity index (χ0) is 18.5. The minimum Gasteiger partial charge on any atom is -0.360 e. The van der Waals surface area contributed by atoms with E-state index in [1.165, 1.54) is 11.8 Å². The quantitative estimate of drug-likeness (QED) is 0.507. The Morgan fingerprint density at radius 3 is 2.88 bits per heavy atom. The van der Waals surface area contributed by atoms with Crippen LogP contribution < -0.4 is 5.32 Å². The van der Waals surface area contributed by atoms with Gasteiger partial charge in [-0.2, -0.15) is 0 Å². The molecule has 0 atom stereocenters. The molecule has 0 bridgehead atoms. The fraction of sp³-hybridized carbons (Fsp3) is 0.222. The van der Waals surface area contributed by atoms with Gasteiger partial charge in [-0.05, 0) is 19.9 Å². The number of hydrogen-bond donors (Lipinski definition) is 1. The van der Waals surface area contributed by atoms with E-state index in [9.17, 15) is 4.79 Å². The number of thioether (sulfide) groups is 1. The molecule has 0 unspecified atom stereocenters. The molecule has 0 aliphatic heterocycles. The number of carbonyl (C=O) groups is 1. The summed E-state index contributed by atoms with van der Waals surface area (Å²) in [5, 5.41) is 15.6. The highest BCUT2D eigenvalue weighted by Crippen LogP contribution is 2.25. The van der Waals surface area contributed by atoms with E-state index < -0.39 is 0 Å². The first-order valence-electron chi connectivity index (χ1n) is 8.04. The largest absolute Gasteiger partial charge is 0.360 e. The van der Waals surface area contributed by atoms with Gasteiger partial charge in [-0.15, -0.1) is 16.8 Å². The highest BCUT2D eigenvalue weighted by Gasteiger charge is 2.15. The molecule has 8 heteroatoms. The van der Waals surface area contributed by atoms with Crippen LogP contribution in [-0.2, 0) is 11.3 Å². The molecule has 0 radical (unpaired) electrons. The summed E-state index contributed by atoms with van der Waals surface area (Å²) in [6.45, 7) is 8.15. The highest BCUT2D eigenvalue weighted by atomic mass is 32.2. The average molecular weight is 369 g/mol. The van der Waals surface area contributed by atoms with Crippen molar-refractivity contribution >= 4 is 23.5 Å². The number of rotatable bonds is 7. The van der Waals surface area contributed by atoms with E-state index in [0.717, 1.165) is 17.0 Å². The maximum Gasteiger partial charge on any atom is 0.236 e. The van der Waals surface area contributed by atoms with Crippen molar-refractivity contribution in [1.29, 1.82) is 0 Å². The first-order valence-corrected chi connectivity index (χ1v) is 9.02. The highest BCUT2D eigenvalue weighted by molar-refractivity contribution is 7.99. The van der Waals surface area contributed by atoms with Crippen LogP contribution in [0.4, 0.5) is 5.82 Å². The second-order valence-electron chi connectivity index (χ2n) is 5.73. The van der Waals surface area contributed by atoms with Crippen LogP contribution in [0.1, 0.15) is 11.3 Å². The van der Waals surface area contributed by atoms with Crippen molar-refractivity contribution in [1.82, 2.24) is 19.9 Å². The molecule has 0 aliphatic rings. The van der Waals surface area contributed by atoms with Gasteiger partial charge in [0.1, 0.15) is 5.76 Å². The van der Waals surface area contributed by atoms with Gasteiger partial charge in [-0.25, -0.2) is 0 Å². The first kappa shape index (κ1) is 17.9. The molecule has 1 amide bonds. The summed E-state index contributed by atoms with van der Waals surface area (Å²) in [5.74, 6) is 1.80. The Labute approximate surface area is 155 Å². The molecule has 3 aromatic rings. The number of hydrogen-bond acceptors (Lipinski definition) is 6. The Morgan fingerprint density at radius 1 is 1.35 bits per heavy atom. The fourth-order valence-electron chi connectivity index (χ4n) is 2.42. The molecule has 0 saturated carbocycles. The SMILES string of the molecule is C=CCn1c(SCC(=O)Nc2cc(C)on2)nnc1-c1cccc(C)c1. The number of amides is 1. The van der Waals surface area contributed by atoms with Crippen molar-refractivity contribution in [2.75, 3.05) is 11.1 Å². The summed E-state index contributed by atoms with van der Waals surface area (Å²) < 4.78 is 6.88. The number of anilines is 1. The van der Waals surface area contributed by atoms with Crippen LogP contribution in [0.3, 0.4) is 0 Å². The molecule has 1 aromatic carbocycles. The molecule has 134 valence electrons. The average Bonchev–Trinajstić information content (AvgIpc) is 3.20. The normalized spacial score (nSPS) is 10.7. The molecule has 2 aromatic heterocycles. The van der Waals surface area contributed by atoms with Gasteiger partial charge in [0.05, 0.1) is 5.75 Å². The molecule has 2 heterocycles. The smallest absolute Gasteiger partial charge is 0.236 e. The molecular weight excluding hydrogens is 350 g/mol. The number of benzene rings is 1. The monoisotopic (exact) mass is 369 g/mol. The Bertz CT molecular complexity index is 931. The molecule has 1 N–H and O–H groups in total. The predicted octanol–water partition coefficient (Wildman–Crippen LogP) is 3.47. The summed E-state index contributed by atoms with van der Waals surface area (Å²) in [7, 11) is 0. The molecule has 7 nitrogen and oxygen atoms in total. The van der Waals surface area contributed by atoms with Crippen LogP contribution in [0.15, 0.2) is 52.7 Å². The zero-order valence-corrected chi connectivity index (χ0v) is 15.4. The molecule has 0 spiro atoms. The zero-order valence-electron chi connectivity index (χ0n) is 14.6. The lowest BCUT2D eigenvalue weighted by atomic mass is 10.1. The summed E-state index contributed by atoms with van der Waals surface area (Å²) in [6.07, 6.45) is 1.78. The molecule has 0 saturated heterocycles. The van der Waals surface area contributed by atoms with Crippen LogP contribution in [-0.4, -0.2) is 31.6 Å². The van der Waals surface area contributed by atoms with E-state index in [-0.39, 0.29) is 11.7 Å². The van der Waals surface area contributed by atoms with Crippen molar-refractivity contribution in [2.24, 2.45) is 0 Å². The van der Waals surface area contributed by atoms with Crippen LogP contribution >= 0.6 is 11.8 Å². The van der Waals surface area contributed by atoms with E-state index in [4.69, 9.17) is 4.52 Å². The van der Waals surface area contributed by atoms with Gasteiger partial charge in [-0.3, -0.25) is 9.36 Å². The van der Waals surface area contributed by atoms with Crippen LogP contribution in [0, 0.1) is 13.8 Å². The van der Waals surface area contributed by atoms with Gasteiger partial charge in [0.15, 0.2) is 16.8 Å². The Hall–Kier alpha value is -2.87. The van der Waals surface area contributed by atoms with Crippen molar-refractivity contribution in [2.45, 2.75) is 25.5 Å². The first-order chi connectivity index (χ1) is 12.6. The number of nitrogens with zero attached hydrogens (tertiary/aromatic N) is 4. The van der Waals surface area contributed by atoms with Gasteiger partial charge in [-0.1, -0.05) is 46.8 Å². The third kappa shape index (κ3) is 4.20. The third-order valence-corrected chi connectivity index (χ3v) is 4.50. The van der Waals surface area contributed by atoms with Crippen molar-refractivity contribution in [3.8, 4) is 11.4 Å². The van der Waals surface area contributed by atoms with Crippen LogP contribution in [0.2, 0.25) is 0 Å². The van der Waals surface area contributed by atoms with E-state index >= 15 is 0 Å². The van der Waals surface area contributed by atoms with E-state index in [0.29, 0.717) is 23.3 Å². The summed E-state index contributed by atoms with van der Waals surface area (Å²) in [4.78, 5) is 12.1. The maximum atomic E-state index is 12.1. The van der Waals surface area contributed by atoms with Crippen molar-refractivity contribution < 1.29 is 9.32 Å². The summed E-state index contributed by atoms with van der Waals surface area (Å²) in [5.41, 5.74) is 2.13. The predicted molar refractivity (Wildman–Crippen MR) is 101 cm³/mol. The van der Waals surface area contributed by atoms with Crippen LogP contribution in [0.25, 0.3) is 11.4 Å². The van der Waals surface area contributed by atoms with E-state index in [2.05, 4.69) is 33.3 Å². The van der Waals surface area contributed by atoms with E-state index in [1.54, 1.807) is 19.1 Å². The second-order valence-corrected chi connectivity index (χ2v) is 6.68. The standard InChI is InChI=1S/C18H19N5O2S/c1-4-8-23-17(14-7-5-6-12(2)9-14)20-21-18(23)26-11-16(24)19-15-10-13(3)25-22-15/h4-7,9-10H,1,8,11H2,2-3H3,(H,19,22,24). The number of allylic oxidation sites excluding steroid dienone is 1. The Balaban J connectivity index is 1.73. The fourth-order valence-corrected chi connectivity index (χ4v) is 3.17. The minimum absolute atomic E-state index is 0.187. The number of carbonyl (C=O) groups excluding carboxylic acids is 1. The van der Waals surface area contributed by atoms with Gasteiger partial charge in [0, 0.05) is 18.2 Å². The van der Waals surface area contributed by atoms with Crippen molar-refractivity contribution in [3.05, 3.63) is 54.3 Å². The van der Waals surface area contributed by atoms with Gasteiger partial charge in [0.2, 0.25) is 5.91 Å². The van der Waals surface area contributed by atoms with Crippen LogP contribution in [0.5, 0.6) is 0 Å². The Morgan fingerprint density at radius 2 is 2.19 bits per heavy atom. The molecule has 0 fully saturated rings. The number of aryl methyl sites for hydroxylation is 2. The lowest BCUT2D eigenvalue weighted by molar-refractivity contribution is -0.113. The summed E-state index contributed by atoms with van der Waals surface area (Å²) in [6, 6.07) is 9.72. The molecule has 26 heavy (non-hydrogen) atoms. The number of aromatic nitrogens is 4. The summed E-state index contributed by atoms with van der Waals surface area (Å²) >= 11 is 1.31. The Kier molecular flexibility index (Phi) is 5.52. The second kappa shape index (κ2) is 8.01. The van der Waals surface area contributed by atoms with E-state index in [1.807, 2.05) is 29.7 Å². The lowest BCUT2D eigenvalue weighted by Gasteiger charge is -2.08. The maximum absolute atomic E-state index is 12.1.